The van der Waals surface area contributed by atoms with Crippen LogP contribution in [0.3, 0.4) is 0 Å². The highest BCUT2D eigenvalue weighted by atomic mass is 16.5. The molecule has 0 aromatic rings. The Balaban J connectivity index is 4.53. The Morgan fingerprint density at radius 1 is 0.875 bits per heavy atom. The van der Waals surface area contributed by atoms with E-state index >= 15 is 0 Å². The summed E-state index contributed by atoms with van der Waals surface area (Å²) in [4.78, 5) is 0. The molecule has 86 valence electrons. The van der Waals surface area contributed by atoms with Crippen LogP contribution in [0.1, 0.15) is 20.8 Å². The number of allylic oxidation sites excluding steroid dienone is 9. The molecule has 0 aliphatic carbocycles. The molecule has 1 nitrogen and oxygen atoms in total. The lowest BCUT2D eigenvalue weighted by Gasteiger charge is -2.05. The van der Waals surface area contributed by atoms with E-state index in [1.807, 2.05) is 69.4 Å². The molecule has 0 saturated heterocycles. The fourth-order valence-electron chi connectivity index (χ4n) is 0.939. The first-order chi connectivity index (χ1) is 7.78. The maximum absolute atomic E-state index is 5.66. The second-order valence-corrected chi connectivity index (χ2v) is 2.96. The Morgan fingerprint density at radius 3 is 1.88 bits per heavy atom. The topological polar surface area (TPSA) is 9.23 Å². The molecule has 0 N–H and O–H groups in total. The molecule has 0 heterocycles. The highest BCUT2D eigenvalue weighted by molar-refractivity contribution is 5.22. The van der Waals surface area contributed by atoms with E-state index in [-0.39, 0.29) is 0 Å². The lowest BCUT2D eigenvalue weighted by atomic mass is 10.3. The summed E-state index contributed by atoms with van der Waals surface area (Å²) in [6.45, 7) is 9.48. The highest BCUT2D eigenvalue weighted by Gasteiger charge is 1.94. The third-order valence-electron chi connectivity index (χ3n) is 1.77. The van der Waals surface area contributed by atoms with Crippen molar-refractivity contribution in [3.8, 4) is 0 Å². The summed E-state index contributed by atoms with van der Waals surface area (Å²) in [5, 5.41) is 0. The molecule has 16 heavy (non-hydrogen) atoms. The Labute approximate surface area is 98.8 Å². The van der Waals surface area contributed by atoms with Crippen LogP contribution in [0.15, 0.2) is 72.8 Å². The fraction of sp³-hybridized carbons (Fsp3) is 0.200. The third-order valence-corrected chi connectivity index (χ3v) is 1.77. The molecule has 0 bridgehead atoms. The molecule has 0 amide bonds. The van der Waals surface area contributed by atoms with Crippen molar-refractivity contribution in [3.05, 3.63) is 72.8 Å². The molecule has 0 spiro atoms. The van der Waals surface area contributed by atoms with Gasteiger partial charge in [-0.1, -0.05) is 37.0 Å². The zero-order valence-electron chi connectivity index (χ0n) is 10.3. The van der Waals surface area contributed by atoms with Crippen LogP contribution in [0.5, 0.6) is 0 Å². The number of hydrogen-bond donors (Lipinski definition) is 0. The number of hydrogen-bond acceptors (Lipinski definition) is 1. The van der Waals surface area contributed by atoms with E-state index in [1.165, 1.54) is 0 Å². The van der Waals surface area contributed by atoms with Crippen LogP contribution >= 0.6 is 0 Å². The Bertz CT molecular complexity index is 338. The fourth-order valence-corrected chi connectivity index (χ4v) is 0.939. The van der Waals surface area contributed by atoms with E-state index in [9.17, 15) is 0 Å². The van der Waals surface area contributed by atoms with Crippen molar-refractivity contribution in [2.75, 3.05) is 0 Å². The lowest BCUT2D eigenvalue weighted by Crippen LogP contribution is -1.87. The van der Waals surface area contributed by atoms with Gasteiger partial charge in [-0.25, -0.2) is 0 Å². The summed E-state index contributed by atoms with van der Waals surface area (Å²) in [6, 6.07) is 0. The van der Waals surface area contributed by atoms with Crippen molar-refractivity contribution in [2.45, 2.75) is 20.8 Å². The van der Waals surface area contributed by atoms with Gasteiger partial charge in [-0.3, -0.25) is 0 Å². The van der Waals surface area contributed by atoms with Crippen molar-refractivity contribution in [1.29, 1.82) is 0 Å². The molecular formula is C15H20O. The van der Waals surface area contributed by atoms with Crippen molar-refractivity contribution in [1.82, 2.24) is 0 Å². The van der Waals surface area contributed by atoms with Gasteiger partial charge in [0.05, 0.1) is 0 Å². The first-order valence-electron chi connectivity index (χ1n) is 5.37. The predicted octanol–water partition coefficient (Wildman–Crippen LogP) is 4.69. The zero-order chi connectivity index (χ0) is 12.2. The van der Waals surface area contributed by atoms with Gasteiger partial charge in [-0.2, -0.15) is 0 Å². The summed E-state index contributed by atoms with van der Waals surface area (Å²) < 4.78 is 5.66. The molecule has 0 radical (unpaired) electrons. The average molecular weight is 216 g/mol. The Kier molecular flexibility index (Phi) is 8.71. The average Bonchev–Trinajstić information content (AvgIpc) is 2.32. The van der Waals surface area contributed by atoms with Crippen molar-refractivity contribution < 1.29 is 4.74 Å². The maximum Gasteiger partial charge on any atom is 0.123 e. The first kappa shape index (κ1) is 14.2. The Morgan fingerprint density at radius 2 is 1.44 bits per heavy atom. The molecule has 0 aromatic carbocycles. The second-order valence-electron chi connectivity index (χ2n) is 2.96. The molecule has 0 unspecified atom stereocenters. The van der Waals surface area contributed by atoms with E-state index in [1.54, 1.807) is 6.08 Å². The second kappa shape index (κ2) is 9.78. The van der Waals surface area contributed by atoms with Gasteiger partial charge < -0.3 is 4.74 Å². The van der Waals surface area contributed by atoms with E-state index in [0.29, 0.717) is 0 Å². The lowest BCUT2D eigenvalue weighted by molar-refractivity contribution is 0.334. The predicted molar refractivity (Wildman–Crippen MR) is 71.9 cm³/mol. The van der Waals surface area contributed by atoms with Crippen LogP contribution in [0, 0.1) is 0 Å². The van der Waals surface area contributed by atoms with Crippen molar-refractivity contribution >= 4 is 0 Å². The first-order valence-corrected chi connectivity index (χ1v) is 5.37. The van der Waals surface area contributed by atoms with E-state index in [0.717, 1.165) is 11.5 Å². The monoisotopic (exact) mass is 216 g/mol. The molecule has 0 saturated carbocycles. The molecule has 0 rings (SSSR count). The molecule has 0 atom stereocenters. The van der Waals surface area contributed by atoms with Gasteiger partial charge >= 0.3 is 0 Å². The van der Waals surface area contributed by atoms with Crippen LogP contribution in [0.4, 0.5) is 0 Å². The minimum absolute atomic E-state index is 0.804. The van der Waals surface area contributed by atoms with Gasteiger partial charge in [0.2, 0.25) is 0 Å². The summed E-state index contributed by atoms with van der Waals surface area (Å²) in [5.74, 6) is 1.62. The van der Waals surface area contributed by atoms with E-state index in [2.05, 4.69) is 6.58 Å². The van der Waals surface area contributed by atoms with Gasteiger partial charge in [0.1, 0.15) is 11.5 Å². The van der Waals surface area contributed by atoms with Crippen LogP contribution in [-0.2, 0) is 4.74 Å². The molecule has 1 heteroatoms. The van der Waals surface area contributed by atoms with E-state index < -0.39 is 0 Å². The largest absolute Gasteiger partial charge is 0.458 e. The molecule has 0 aliphatic heterocycles. The maximum atomic E-state index is 5.66. The van der Waals surface area contributed by atoms with E-state index in [4.69, 9.17) is 4.74 Å². The summed E-state index contributed by atoms with van der Waals surface area (Å²) >= 11 is 0. The minimum Gasteiger partial charge on any atom is -0.458 e. The number of ether oxygens (including phenoxy) is 1. The molecule has 0 aliphatic rings. The summed E-state index contributed by atoms with van der Waals surface area (Å²) in [7, 11) is 0. The van der Waals surface area contributed by atoms with Crippen LogP contribution in [-0.4, -0.2) is 0 Å². The highest BCUT2D eigenvalue weighted by Crippen LogP contribution is 2.09. The van der Waals surface area contributed by atoms with Crippen LogP contribution in [0.25, 0.3) is 0 Å². The van der Waals surface area contributed by atoms with Gasteiger partial charge in [-0.05, 0) is 45.1 Å². The molecule has 0 fully saturated rings. The SMILES string of the molecule is C=C/C=C\C(=C/C)OC(/C=C\C=C/C)=C/C. The zero-order valence-corrected chi connectivity index (χ0v) is 10.3. The molecule has 0 aromatic heterocycles. The van der Waals surface area contributed by atoms with Gasteiger partial charge in [0.15, 0.2) is 0 Å². The third kappa shape index (κ3) is 6.66. The van der Waals surface area contributed by atoms with Crippen molar-refractivity contribution in [2.24, 2.45) is 0 Å². The van der Waals surface area contributed by atoms with Gasteiger partial charge in [0.25, 0.3) is 0 Å². The van der Waals surface area contributed by atoms with Crippen LogP contribution in [0.2, 0.25) is 0 Å². The quantitative estimate of drug-likeness (QED) is 0.462. The van der Waals surface area contributed by atoms with Crippen molar-refractivity contribution in [3.63, 3.8) is 0 Å². The summed E-state index contributed by atoms with van der Waals surface area (Å²) in [6.07, 6.45) is 17.1. The molecular weight excluding hydrogens is 196 g/mol. The standard InChI is InChI=1S/C15H20O/c1-5-9-11-13-15(8-4)16-14(7-3)12-10-6-2/h5-13H,2H2,1,3-4H3/b9-5-,12-10-,13-11-,14-7+,15-8+. The normalized spacial score (nSPS) is 14.2. The number of rotatable bonds is 6. The Hall–Kier alpha value is -1.76. The summed E-state index contributed by atoms with van der Waals surface area (Å²) in [5.41, 5.74) is 0. The minimum atomic E-state index is 0.804. The van der Waals surface area contributed by atoms with Crippen LogP contribution < -0.4 is 0 Å². The van der Waals surface area contributed by atoms with Gasteiger partial charge in [-0.15, -0.1) is 0 Å². The smallest absolute Gasteiger partial charge is 0.123 e. The van der Waals surface area contributed by atoms with Gasteiger partial charge in [0, 0.05) is 0 Å².